The van der Waals surface area contributed by atoms with Crippen molar-refractivity contribution in [3.63, 3.8) is 0 Å². The minimum absolute atomic E-state index is 0.0955. The summed E-state index contributed by atoms with van der Waals surface area (Å²) in [6, 6.07) is 4.35. The standard InChI is InChI=1S/C11H9F2N3O2S/c12-9-4-7(14)5-10(13)11(9)19(17,18)16-8-2-1-3-15-6-8/h1-6,16H,14H2. The Morgan fingerprint density at radius 2 is 1.84 bits per heavy atom. The molecule has 19 heavy (non-hydrogen) atoms. The number of nitrogens with zero attached hydrogens (tertiary/aromatic N) is 1. The molecule has 0 aliphatic carbocycles. The van der Waals surface area contributed by atoms with Crippen LogP contribution in [0.25, 0.3) is 0 Å². The first kappa shape index (κ1) is 13.2. The van der Waals surface area contributed by atoms with Crippen LogP contribution < -0.4 is 10.5 Å². The van der Waals surface area contributed by atoms with Crippen LogP contribution in [0.1, 0.15) is 0 Å². The summed E-state index contributed by atoms with van der Waals surface area (Å²) in [5, 5.41) is 0. The third kappa shape index (κ3) is 2.79. The molecule has 0 aliphatic rings. The molecule has 0 spiro atoms. The van der Waals surface area contributed by atoms with Gasteiger partial charge >= 0.3 is 0 Å². The average molecular weight is 285 g/mol. The van der Waals surface area contributed by atoms with E-state index < -0.39 is 26.6 Å². The molecule has 0 unspecified atom stereocenters. The first-order valence-corrected chi connectivity index (χ1v) is 6.56. The van der Waals surface area contributed by atoms with E-state index >= 15 is 0 Å². The van der Waals surface area contributed by atoms with Crippen molar-refractivity contribution in [2.75, 3.05) is 10.5 Å². The summed E-state index contributed by atoms with van der Waals surface area (Å²) in [5.74, 6) is -2.51. The van der Waals surface area contributed by atoms with Gasteiger partial charge in [-0.1, -0.05) is 0 Å². The van der Waals surface area contributed by atoms with Gasteiger partial charge in [-0.15, -0.1) is 0 Å². The Hall–Kier alpha value is -2.22. The zero-order valence-electron chi connectivity index (χ0n) is 9.47. The lowest BCUT2D eigenvalue weighted by Crippen LogP contribution is -2.16. The average Bonchev–Trinajstić information content (AvgIpc) is 2.27. The van der Waals surface area contributed by atoms with Crippen LogP contribution in [-0.4, -0.2) is 13.4 Å². The monoisotopic (exact) mass is 285 g/mol. The summed E-state index contributed by atoms with van der Waals surface area (Å²) in [6.07, 6.45) is 2.65. The summed E-state index contributed by atoms with van der Waals surface area (Å²) >= 11 is 0. The Morgan fingerprint density at radius 3 is 2.37 bits per heavy atom. The topological polar surface area (TPSA) is 85.1 Å². The fraction of sp³-hybridized carbons (Fsp3) is 0. The van der Waals surface area contributed by atoms with Gasteiger partial charge in [0.2, 0.25) is 0 Å². The largest absolute Gasteiger partial charge is 0.399 e. The number of rotatable bonds is 3. The third-order valence-corrected chi connectivity index (χ3v) is 3.63. The zero-order chi connectivity index (χ0) is 14.0. The Labute approximate surface area is 108 Å². The lowest BCUT2D eigenvalue weighted by atomic mass is 10.3. The van der Waals surface area contributed by atoms with Gasteiger partial charge in [0, 0.05) is 11.9 Å². The third-order valence-electron chi connectivity index (χ3n) is 2.20. The van der Waals surface area contributed by atoms with Crippen LogP contribution in [0.2, 0.25) is 0 Å². The van der Waals surface area contributed by atoms with Crippen LogP contribution in [0.15, 0.2) is 41.6 Å². The first-order valence-electron chi connectivity index (χ1n) is 5.07. The molecule has 2 rings (SSSR count). The second kappa shape index (κ2) is 4.81. The van der Waals surface area contributed by atoms with Crippen LogP contribution in [-0.2, 0) is 10.0 Å². The van der Waals surface area contributed by atoms with E-state index in [9.17, 15) is 17.2 Å². The van der Waals surface area contributed by atoms with Gasteiger partial charge in [0.15, 0.2) is 4.90 Å². The van der Waals surface area contributed by atoms with Crippen molar-refractivity contribution < 1.29 is 17.2 Å². The molecule has 0 atom stereocenters. The van der Waals surface area contributed by atoms with Crippen molar-refractivity contribution in [1.29, 1.82) is 0 Å². The number of anilines is 2. The van der Waals surface area contributed by atoms with Crippen LogP contribution in [0.3, 0.4) is 0 Å². The maximum atomic E-state index is 13.6. The van der Waals surface area contributed by atoms with Gasteiger partial charge in [0.25, 0.3) is 10.0 Å². The smallest absolute Gasteiger partial charge is 0.267 e. The molecule has 0 aliphatic heterocycles. The van der Waals surface area contributed by atoms with Crippen LogP contribution in [0.4, 0.5) is 20.2 Å². The van der Waals surface area contributed by atoms with Gasteiger partial charge in [-0.25, -0.2) is 17.2 Å². The fourth-order valence-electron chi connectivity index (χ4n) is 1.47. The molecule has 3 N–H and O–H groups in total. The number of benzene rings is 1. The molecular weight excluding hydrogens is 276 g/mol. The summed E-state index contributed by atoms with van der Waals surface area (Å²) < 4.78 is 52.9. The van der Waals surface area contributed by atoms with E-state index in [1.54, 1.807) is 0 Å². The minimum Gasteiger partial charge on any atom is -0.399 e. The quantitative estimate of drug-likeness (QED) is 0.841. The molecule has 2 aromatic rings. The van der Waals surface area contributed by atoms with Crippen molar-refractivity contribution >= 4 is 21.4 Å². The Kier molecular flexibility index (Phi) is 3.34. The number of hydrogen-bond acceptors (Lipinski definition) is 4. The predicted molar refractivity (Wildman–Crippen MR) is 65.8 cm³/mol. The maximum Gasteiger partial charge on any atom is 0.267 e. The molecule has 0 saturated carbocycles. The maximum absolute atomic E-state index is 13.6. The summed E-state index contributed by atoms with van der Waals surface area (Å²) in [5.41, 5.74) is 5.12. The number of nitrogen functional groups attached to an aromatic ring is 1. The van der Waals surface area contributed by atoms with E-state index in [2.05, 4.69) is 4.98 Å². The molecule has 1 aromatic heterocycles. The summed E-state index contributed by atoms with van der Waals surface area (Å²) in [6.45, 7) is 0. The van der Waals surface area contributed by atoms with Gasteiger partial charge in [-0.3, -0.25) is 9.71 Å². The molecule has 8 heteroatoms. The second-order valence-electron chi connectivity index (χ2n) is 3.66. The molecule has 0 bridgehead atoms. The number of sulfonamides is 1. The first-order chi connectivity index (χ1) is 8.90. The van der Waals surface area contributed by atoms with Gasteiger partial charge < -0.3 is 5.73 Å². The molecule has 0 amide bonds. The molecule has 0 radical (unpaired) electrons. The van der Waals surface area contributed by atoms with Crippen molar-refractivity contribution in [1.82, 2.24) is 4.98 Å². The number of aromatic nitrogens is 1. The Bertz CT molecular complexity index is 682. The minimum atomic E-state index is -4.39. The highest BCUT2D eigenvalue weighted by Gasteiger charge is 2.24. The molecule has 100 valence electrons. The van der Waals surface area contributed by atoms with Crippen LogP contribution >= 0.6 is 0 Å². The molecule has 5 nitrogen and oxygen atoms in total. The SMILES string of the molecule is Nc1cc(F)c(S(=O)(=O)Nc2cccnc2)c(F)c1. The van der Waals surface area contributed by atoms with Crippen LogP contribution in [0, 0.1) is 11.6 Å². The number of halogens is 2. The van der Waals surface area contributed by atoms with Crippen molar-refractivity contribution in [2.45, 2.75) is 4.90 Å². The van der Waals surface area contributed by atoms with Crippen molar-refractivity contribution in [3.8, 4) is 0 Å². The highest BCUT2D eigenvalue weighted by molar-refractivity contribution is 7.92. The summed E-state index contributed by atoms with van der Waals surface area (Å²) in [7, 11) is -4.39. The van der Waals surface area contributed by atoms with Gasteiger partial charge in [-0.05, 0) is 24.3 Å². The normalized spacial score (nSPS) is 11.3. The number of hydrogen-bond donors (Lipinski definition) is 2. The summed E-state index contributed by atoms with van der Waals surface area (Å²) in [4.78, 5) is 2.61. The highest BCUT2D eigenvalue weighted by Crippen LogP contribution is 2.23. The second-order valence-corrected chi connectivity index (χ2v) is 5.28. The lowest BCUT2D eigenvalue weighted by Gasteiger charge is -2.09. The van der Waals surface area contributed by atoms with Crippen molar-refractivity contribution in [2.24, 2.45) is 0 Å². The Morgan fingerprint density at radius 1 is 1.21 bits per heavy atom. The molecule has 1 heterocycles. The molecule has 1 aromatic carbocycles. The number of pyridine rings is 1. The van der Waals surface area contributed by atoms with E-state index in [-0.39, 0.29) is 11.4 Å². The lowest BCUT2D eigenvalue weighted by molar-refractivity contribution is 0.522. The molecule has 0 fully saturated rings. The van der Waals surface area contributed by atoms with E-state index in [4.69, 9.17) is 5.73 Å². The van der Waals surface area contributed by atoms with E-state index in [1.165, 1.54) is 24.5 Å². The van der Waals surface area contributed by atoms with E-state index in [0.29, 0.717) is 0 Å². The number of nitrogens with two attached hydrogens (primary N) is 1. The number of nitrogens with one attached hydrogen (secondary N) is 1. The molecule has 0 saturated heterocycles. The zero-order valence-corrected chi connectivity index (χ0v) is 10.3. The Balaban J connectivity index is 2.46. The van der Waals surface area contributed by atoms with Crippen LogP contribution in [0.5, 0.6) is 0 Å². The van der Waals surface area contributed by atoms with Gasteiger partial charge in [-0.2, -0.15) is 0 Å². The van der Waals surface area contributed by atoms with E-state index in [0.717, 1.165) is 12.1 Å². The fourth-order valence-corrected chi connectivity index (χ4v) is 2.63. The predicted octanol–water partition coefficient (Wildman–Crippen LogP) is 1.74. The molecular formula is C11H9F2N3O2S. The van der Waals surface area contributed by atoms with Gasteiger partial charge in [0.1, 0.15) is 11.6 Å². The highest BCUT2D eigenvalue weighted by atomic mass is 32.2. The van der Waals surface area contributed by atoms with Gasteiger partial charge in [0.05, 0.1) is 11.9 Å². The van der Waals surface area contributed by atoms with Crippen molar-refractivity contribution in [3.05, 3.63) is 48.3 Å². The van der Waals surface area contributed by atoms with E-state index in [1.807, 2.05) is 4.72 Å².